The number of hydrogen-bond acceptors (Lipinski definition) is 8. The molecule has 2 amide bonds. The van der Waals surface area contributed by atoms with Gasteiger partial charge in [0.2, 0.25) is 5.91 Å². The van der Waals surface area contributed by atoms with E-state index >= 15 is 0 Å². The van der Waals surface area contributed by atoms with E-state index in [0.717, 1.165) is 0 Å². The molecule has 12 heteroatoms. The van der Waals surface area contributed by atoms with E-state index in [1.807, 2.05) is 0 Å². The van der Waals surface area contributed by atoms with Gasteiger partial charge in [0.25, 0.3) is 11.6 Å². The number of nitro groups is 1. The van der Waals surface area contributed by atoms with Crippen LogP contribution in [0.2, 0.25) is 0 Å². The zero-order valence-corrected chi connectivity index (χ0v) is 19.7. The highest BCUT2D eigenvalue weighted by Crippen LogP contribution is 2.22. The summed E-state index contributed by atoms with van der Waals surface area (Å²) < 4.78 is 6.86. The standard InChI is InChI=1S/C22H24N6O5S/c1-14-12-16(28(31)32)6-9-18(14)24-20(29)13-34-22-26-25-19(27(22)2)10-11-23-21(30)15-4-7-17(33-3)8-5-15/h4-9,12H,10-11,13H2,1-3H3,(H,23,30)(H,24,29). The van der Waals surface area contributed by atoms with Crippen LogP contribution in [0, 0.1) is 17.0 Å². The third kappa shape index (κ3) is 6.32. The van der Waals surface area contributed by atoms with Crippen LogP contribution in [0.5, 0.6) is 5.75 Å². The summed E-state index contributed by atoms with van der Waals surface area (Å²) in [6.45, 7) is 2.07. The summed E-state index contributed by atoms with van der Waals surface area (Å²) in [6, 6.07) is 11.1. The molecule has 1 aromatic heterocycles. The fourth-order valence-electron chi connectivity index (χ4n) is 3.04. The summed E-state index contributed by atoms with van der Waals surface area (Å²) >= 11 is 1.22. The van der Waals surface area contributed by atoms with Crippen LogP contribution in [0.1, 0.15) is 21.7 Å². The summed E-state index contributed by atoms with van der Waals surface area (Å²) in [7, 11) is 3.36. The molecule has 3 rings (SSSR count). The number of ether oxygens (including phenoxy) is 1. The van der Waals surface area contributed by atoms with Gasteiger partial charge >= 0.3 is 0 Å². The minimum atomic E-state index is -0.482. The SMILES string of the molecule is COc1ccc(C(=O)NCCc2nnc(SCC(=O)Nc3ccc([N+](=O)[O-])cc3C)n2C)cc1. The number of anilines is 1. The van der Waals surface area contributed by atoms with Crippen LogP contribution < -0.4 is 15.4 Å². The van der Waals surface area contributed by atoms with Gasteiger partial charge in [0.15, 0.2) is 5.16 Å². The molecule has 11 nitrogen and oxygen atoms in total. The van der Waals surface area contributed by atoms with Crippen molar-refractivity contribution in [1.82, 2.24) is 20.1 Å². The summed E-state index contributed by atoms with van der Waals surface area (Å²) in [6.07, 6.45) is 0.472. The molecule has 0 bridgehead atoms. The molecule has 178 valence electrons. The summed E-state index contributed by atoms with van der Waals surface area (Å²) in [5.74, 6) is 0.980. The number of methoxy groups -OCH3 is 1. The molecule has 2 aromatic carbocycles. The first-order valence-electron chi connectivity index (χ1n) is 10.3. The zero-order chi connectivity index (χ0) is 24.7. The molecule has 0 saturated carbocycles. The number of carbonyl (C=O) groups excluding carboxylic acids is 2. The highest BCUT2D eigenvalue weighted by atomic mass is 32.2. The molecule has 3 aromatic rings. The number of aromatic nitrogens is 3. The quantitative estimate of drug-likeness (QED) is 0.254. The lowest BCUT2D eigenvalue weighted by molar-refractivity contribution is -0.384. The molecule has 1 heterocycles. The molecule has 0 aliphatic heterocycles. The predicted molar refractivity (Wildman–Crippen MR) is 127 cm³/mol. The normalized spacial score (nSPS) is 10.6. The van der Waals surface area contributed by atoms with Crippen LogP contribution in [0.4, 0.5) is 11.4 Å². The van der Waals surface area contributed by atoms with Crippen molar-refractivity contribution in [1.29, 1.82) is 0 Å². The van der Waals surface area contributed by atoms with Crippen LogP contribution >= 0.6 is 11.8 Å². The third-order valence-electron chi connectivity index (χ3n) is 4.94. The number of rotatable bonds is 10. The smallest absolute Gasteiger partial charge is 0.269 e. The lowest BCUT2D eigenvalue weighted by Gasteiger charge is -2.08. The van der Waals surface area contributed by atoms with Crippen LogP contribution in [0.3, 0.4) is 0 Å². The minimum absolute atomic E-state index is 0.0309. The number of aryl methyl sites for hydroxylation is 1. The maximum absolute atomic E-state index is 12.3. The highest BCUT2D eigenvalue weighted by Gasteiger charge is 2.14. The van der Waals surface area contributed by atoms with Crippen molar-refractivity contribution < 1.29 is 19.2 Å². The second-order valence-corrected chi connectivity index (χ2v) is 8.23. The van der Waals surface area contributed by atoms with Crippen molar-refractivity contribution in [2.75, 3.05) is 24.7 Å². The lowest BCUT2D eigenvalue weighted by Crippen LogP contribution is -2.26. The van der Waals surface area contributed by atoms with E-state index in [1.54, 1.807) is 49.9 Å². The van der Waals surface area contributed by atoms with E-state index in [0.29, 0.717) is 46.5 Å². The molecule has 0 fully saturated rings. The van der Waals surface area contributed by atoms with Gasteiger partial charge in [-0.1, -0.05) is 11.8 Å². The van der Waals surface area contributed by atoms with Gasteiger partial charge < -0.3 is 19.9 Å². The Kier molecular flexibility index (Phi) is 8.19. The number of carbonyl (C=O) groups is 2. The zero-order valence-electron chi connectivity index (χ0n) is 18.9. The molecule has 0 radical (unpaired) electrons. The van der Waals surface area contributed by atoms with Crippen LogP contribution in [0.25, 0.3) is 0 Å². The summed E-state index contributed by atoms with van der Waals surface area (Å²) in [4.78, 5) is 34.9. The highest BCUT2D eigenvalue weighted by molar-refractivity contribution is 7.99. The Bertz CT molecular complexity index is 1190. The van der Waals surface area contributed by atoms with Crippen molar-refractivity contribution in [3.05, 3.63) is 69.5 Å². The van der Waals surface area contributed by atoms with E-state index in [4.69, 9.17) is 4.74 Å². The molecule has 0 atom stereocenters. The Labute approximate surface area is 200 Å². The number of hydrogen-bond donors (Lipinski definition) is 2. The van der Waals surface area contributed by atoms with Crippen LogP contribution in [-0.4, -0.2) is 50.9 Å². The van der Waals surface area contributed by atoms with Gasteiger partial charge in [-0.25, -0.2) is 0 Å². The number of nitrogens with zero attached hydrogens (tertiary/aromatic N) is 4. The largest absolute Gasteiger partial charge is 0.497 e. The van der Waals surface area contributed by atoms with E-state index in [-0.39, 0.29) is 23.3 Å². The Morgan fingerprint density at radius 2 is 1.91 bits per heavy atom. The van der Waals surface area contributed by atoms with Gasteiger partial charge in [0, 0.05) is 43.4 Å². The van der Waals surface area contributed by atoms with Crippen LogP contribution in [-0.2, 0) is 18.3 Å². The average Bonchev–Trinajstić information content (AvgIpc) is 3.18. The molecule has 2 N–H and O–H groups in total. The molecular weight excluding hydrogens is 460 g/mol. The van der Waals surface area contributed by atoms with Crippen LogP contribution in [0.15, 0.2) is 47.6 Å². The van der Waals surface area contributed by atoms with Crippen molar-refractivity contribution in [3.8, 4) is 5.75 Å². The molecule has 34 heavy (non-hydrogen) atoms. The van der Waals surface area contributed by atoms with E-state index in [2.05, 4.69) is 20.8 Å². The molecule has 0 saturated heterocycles. The van der Waals surface area contributed by atoms with E-state index in [1.165, 1.54) is 30.0 Å². The third-order valence-corrected chi connectivity index (χ3v) is 5.96. The number of amides is 2. The van der Waals surface area contributed by atoms with Gasteiger partial charge in [-0.15, -0.1) is 10.2 Å². The Morgan fingerprint density at radius 3 is 2.56 bits per heavy atom. The Balaban J connectivity index is 1.47. The summed E-state index contributed by atoms with van der Waals surface area (Å²) in [5.41, 5.74) is 1.62. The molecular formula is C22H24N6O5S. The first kappa shape index (κ1) is 24.7. The molecule has 0 unspecified atom stereocenters. The first-order chi connectivity index (χ1) is 16.3. The number of nitro benzene ring substituents is 1. The van der Waals surface area contributed by atoms with E-state index in [9.17, 15) is 19.7 Å². The van der Waals surface area contributed by atoms with E-state index < -0.39 is 4.92 Å². The van der Waals surface area contributed by atoms with Gasteiger partial charge in [0.05, 0.1) is 17.8 Å². The van der Waals surface area contributed by atoms with Crippen molar-refractivity contribution in [3.63, 3.8) is 0 Å². The number of nitrogens with one attached hydrogen (secondary N) is 2. The number of non-ortho nitro benzene ring substituents is 1. The topological polar surface area (TPSA) is 141 Å². The monoisotopic (exact) mass is 484 g/mol. The van der Waals surface area contributed by atoms with Gasteiger partial charge in [-0.05, 0) is 42.8 Å². The first-order valence-corrected chi connectivity index (χ1v) is 11.2. The lowest BCUT2D eigenvalue weighted by atomic mass is 10.2. The average molecular weight is 485 g/mol. The number of thioether (sulfide) groups is 1. The van der Waals surface area contributed by atoms with Crippen molar-refractivity contribution in [2.45, 2.75) is 18.5 Å². The van der Waals surface area contributed by atoms with Gasteiger partial charge in [-0.2, -0.15) is 0 Å². The maximum Gasteiger partial charge on any atom is 0.269 e. The van der Waals surface area contributed by atoms with Gasteiger partial charge in [-0.3, -0.25) is 19.7 Å². The second kappa shape index (κ2) is 11.3. The molecule has 0 spiro atoms. The molecule has 0 aliphatic carbocycles. The Morgan fingerprint density at radius 1 is 1.18 bits per heavy atom. The minimum Gasteiger partial charge on any atom is -0.497 e. The van der Waals surface area contributed by atoms with Crippen molar-refractivity contribution >= 4 is 35.0 Å². The second-order valence-electron chi connectivity index (χ2n) is 7.29. The Hall–Kier alpha value is -3.93. The maximum atomic E-state index is 12.3. The predicted octanol–water partition coefficient (Wildman–Crippen LogP) is 2.74. The fraction of sp³-hybridized carbons (Fsp3) is 0.273. The van der Waals surface area contributed by atoms with Crippen molar-refractivity contribution in [2.24, 2.45) is 7.05 Å². The fourth-order valence-corrected chi connectivity index (χ4v) is 3.77. The molecule has 0 aliphatic rings. The number of benzene rings is 2. The summed E-state index contributed by atoms with van der Waals surface area (Å²) in [5, 5.41) is 25.2. The van der Waals surface area contributed by atoms with Gasteiger partial charge in [0.1, 0.15) is 11.6 Å².